The zero-order valence-corrected chi connectivity index (χ0v) is 11.1. The van der Waals surface area contributed by atoms with Crippen LogP contribution in [0.5, 0.6) is 0 Å². The van der Waals surface area contributed by atoms with Gasteiger partial charge in [-0.2, -0.15) is 5.10 Å². The Morgan fingerprint density at radius 1 is 1.40 bits per heavy atom. The molecule has 1 heterocycles. The lowest BCUT2D eigenvalue weighted by Gasteiger charge is -2.07. The van der Waals surface area contributed by atoms with Crippen molar-refractivity contribution in [1.82, 2.24) is 15.1 Å². The number of hydrogen-bond donors (Lipinski definition) is 1. The Balaban J connectivity index is 2.88. The quantitative estimate of drug-likeness (QED) is 0.619. The maximum Gasteiger partial charge on any atom is 0.283 e. The summed E-state index contributed by atoms with van der Waals surface area (Å²) >= 11 is 5.43. The molecule has 0 saturated heterocycles. The number of carbonyl (C=O) groups is 1. The highest BCUT2D eigenvalue weighted by atomic mass is 35.5. The van der Waals surface area contributed by atoms with E-state index in [9.17, 15) is 22.4 Å². The summed E-state index contributed by atoms with van der Waals surface area (Å²) in [5.41, 5.74) is -1.87. The molecule has 20 heavy (non-hydrogen) atoms. The van der Waals surface area contributed by atoms with E-state index in [0.717, 1.165) is 0 Å². The highest BCUT2D eigenvalue weighted by Crippen LogP contribution is 2.34. The molecule has 0 unspecified atom stereocenters. The van der Waals surface area contributed by atoms with Crippen LogP contribution in [-0.2, 0) is 16.1 Å². The summed E-state index contributed by atoms with van der Waals surface area (Å²) < 4.78 is 55.8. The molecule has 0 aromatic carbocycles. The van der Waals surface area contributed by atoms with Gasteiger partial charge in [0.1, 0.15) is 17.9 Å². The minimum Gasteiger partial charge on any atom is -0.383 e. The number of rotatable bonds is 7. The van der Waals surface area contributed by atoms with Gasteiger partial charge in [-0.15, -0.1) is 0 Å². The molecule has 1 aromatic rings. The van der Waals surface area contributed by atoms with E-state index in [1.54, 1.807) is 0 Å². The average Bonchev–Trinajstić information content (AvgIpc) is 2.66. The number of halogens is 5. The van der Waals surface area contributed by atoms with Crippen molar-refractivity contribution >= 4 is 17.5 Å². The second-order valence-electron chi connectivity index (χ2n) is 3.69. The molecule has 1 N–H and O–H groups in total. The van der Waals surface area contributed by atoms with Gasteiger partial charge in [0.2, 0.25) is 5.91 Å². The van der Waals surface area contributed by atoms with Crippen molar-refractivity contribution in [1.29, 1.82) is 0 Å². The number of ether oxygens (including phenoxy) is 1. The van der Waals surface area contributed by atoms with Crippen LogP contribution in [0.1, 0.15) is 24.2 Å². The van der Waals surface area contributed by atoms with Crippen molar-refractivity contribution in [2.75, 3.05) is 20.3 Å². The zero-order valence-electron chi connectivity index (χ0n) is 10.4. The van der Waals surface area contributed by atoms with Gasteiger partial charge in [-0.25, -0.2) is 17.6 Å². The minimum atomic E-state index is -3.12. The molecule has 0 aliphatic carbocycles. The van der Waals surface area contributed by atoms with Crippen LogP contribution in [0.2, 0.25) is 5.02 Å². The van der Waals surface area contributed by atoms with Crippen LogP contribution in [0.4, 0.5) is 17.6 Å². The van der Waals surface area contributed by atoms with E-state index in [1.165, 1.54) is 7.11 Å². The van der Waals surface area contributed by atoms with Crippen LogP contribution < -0.4 is 5.32 Å². The minimum absolute atomic E-state index is 0.163. The maximum absolute atomic E-state index is 12.8. The fraction of sp³-hybridized carbons (Fsp3) is 0.600. The molecule has 10 heteroatoms. The van der Waals surface area contributed by atoms with Gasteiger partial charge in [-0.05, 0) is 0 Å². The normalized spacial score (nSPS) is 11.4. The van der Waals surface area contributed by atoms with Crippen molar-refractivity contribution in [3.8, 4) is 0 Å². The molecule has 0 aliphatic rings. The van der Waals surface area contributed by atoms with Gasteiger partial charge in [-0.1, -0.05) is 11.6 Å². The Labute approximate surface area is 116 Å². The molecule has 1 aromatic heterocycles. The van der Waals surface area contributed by atoms with Gasteiger partial charge in [0.05, 0.1) is 11.6 Å². The summed E-state index contributed by atoms with van der Waals surface area (Å²) in [5, 5.41) is 4.80. The predicted molar refractivity (Wildman–Crippen MR) is 62.0 cm³/mol. The molecule has 1 rings (SSSR count). The van der Waals surface area contributed by atoms with Gasteiger partial charge in [0, 0.05) is 13.7 Å². The first-order valence-corrected chi connectivity index (χ1v) is 5.84. The SMILES string of the molecule is COCCNC(=O)Cn1nc(C(F)F)c(Cl)c1C(F)F. The largest absolute Gasteiger partial charge is 0.383 e. The van der Waals surface area contributed by atoms with E-state index >= 15 is 0 Å². The van der Waals surface area contributed by atoms with E-state index < -0.39 is 41.7 Å². The number of hydrogen-bond acceptors (Lipinski definition) is 3. The van der Waals surface area contributed by atoms with E-state index in [0.29, 0.717) is 4.68 Å². The maximum atomic E-state index is 12.8. The molecular formula is C10H12ClF4N3O2. The van der Waals surface area contributed by atoms with Crippen LogP contribution in [0.15, 0.2) is 0 Å². The molecule has 0 atom stereocenters. The average molecular weight is 318 g/mol. The molecule has 0 aliphatic heterocycles. The lowest BCUT2D eigenvalue weighted by molar-refractivity contribution is -0.122. The number of carbonyl (C=O) groups excluding carboxylic acids is 1. The Hall–Kier alpha value is -1.35. The smallest absolute Gasteiger partial charge is 0.283 e. The first-order valence-electron chi connectivity index (χ1n) is 5.46. The van der Waals surface area contributed by atoms with Gasteiger partial charge >= 0.3 is 0 Å². The Morgan fingerprint density at radius 3 is 2.55 bits per heavy atom. The van der Waals surface area contributed by atoms with Gasteiger partial charge in [0.15, 0.2) is 0 Å². The van der Waals surface area contributed by atoms with E-state index in [1.807, 2.05) is 0 Å². The summed E-state index contributed by atoms with van der Waals surface area (Å²) in [5.74, 6) is -0.663. The number of nitrogens with zero attached hydrogens (tertiary/aromatic N) is 2. The highest BCUT2D eigenvalue weighted by Gasteiger charge is 2.28. The Morgan fingerprint density at radius 2 is 2.05 bits per heavy atom. The van der Waals surface area contributed by atoms with Crippen LogP contribution >= 0.6 is 11.6 Å². The topological polar surface area (TPSA) is 56.1 Å². The van der Waals surface area contributed by atoms with Crippen molar-refractivity contribution in [2.45, 2.75) is 19.4 Å². The van der Waals surface area contributed by atoms with Crippen molar-refractivity contribution in [3.63, 3.8) is 0 Å². The number of alkyl halides is 4. The summed E-state index contributed by atoms with van der Waals surface area (Å²) in [4.78, 5) is 11.4. The van der Waals surface area contributed by atoms with Gasteiger partial charge in [-0.3, -0.25) is 9.48 Å². The molecule has 114 valence electrons. The number of methoxy groups -OCH3 is 1. The van der Waals surface area contributed by atoms with Crippen molar-refractivity contribution < 1.29 is 27.1 Å². The summed E-state index contributed by atoms with van der Waals surface area (Å²) in [7, 11) is 1.42. The third-order valence-corrected chi connectivity index (χ3v) is 2.68. The third-order valence-electron chi connectivity index (χ3n) is 2.29. The van der Waals surface area contributed by atoms with E-state index in [-0.39, 0.29) is 13.2 Å². The molecule has 0 spiro atoms. The fourth-order valence-corrected chi connectivity index (χ4v) is 1.73. The fourth-order valence-electron chi connectivity index (χ4n) is 1.43. The first-order chi connectivity index (χ1) is 9.38. The van der Waals surface area contributed by atoms with Gasteiger partial charge < -0.3 is 10.1 Å². The number of nitrogens with one attached hydrogen (secondary N) is 1. The molecule has 0 fully saturated rings. The standard InChI is InChI=1S/C10H12ClF4N3O2/c1-20-3-2-16-5(19)4-18-8(10(14)15)6(11)7(17-18)9(12)13/h9-10H,2-4H2,1H3,(H,16,19). The second kappa shape index (κ2) is 7.44. The molecule has 0 radical (unpaired) electrons. The lowest BCUT2D eigenvalue weighted by Crippen LogP contribution is -2.31. The van der Waals surface area contributed by atoms with E-state index in [2.05, 4.69) is 15.2 Å². The van der Waals surface area contributed by atoms with Crippen LogP contribution in [-0.4, -0.2) is 35.9 Å². The monoisotopic (exact) mass is 317 g/mol. The van der Waals surface area contributed by atoms with Crippen LogP contribution in [0.3, 0.4) is 0 Å². The number of amides is 1. The summed E-state index contributed by atoms with van der Waals surface area (Å²) in [6.07, 6.45) is -6.22. The summed E-state index contributed by atoms with van der Waals surface area (Å²) in [6.45, 7) is -0.235. The Kier molecular flexibility index (Phi) is 6.21. The number of aromatic nitrogens is 2. The zero-order chi connectivity index (χ0) is 15.3. The van der Waals surface area contributed by atoms with Crippen molar-refractivity contribution in [3.05, 3.63) is 16.4 Å². The molecule has 1 amide bonds. The van der Waals surface area contributed by atoms with Crippen LogP contribution in [0, 0.1) is 0 Å². The molecule has 0 bridgehead atoms. The first kappa shape index (κ1) is 16.7. The van der Waals surface area contributed by atoms with Gasteiger partial charge in [0.25, 0.3) is 12.9 Å². The summed E-state index contributed by atoms with van der Waals surface area (Å²) in [6, 6.07) is 0. The highest BCUT2D eigenvalue weighted by molar-refractivity contribution is 6.32. The lowest BCUT2D eigenvalue weighted by atomic mass is 10.3. The van der Waals surface area contributed by atoms with Crippen molar-refractivity contribution in [2.24, 2.45) is 0 Å². The predicted octanol–water partition coefficient (Wildman–Crippen LogP) is 2.17. The van der Waals surface area contributed by atoms with E-state index in [4.69, 9.17) is 11.6 Å². The third kappa shape index (κ3) is 4.07. The molecule has 0 saturated carbocycles. The Bertz CT molecular complexity index is 468. The van der Waals surface area contributed by atoms with Crippen LogP contribution in [0.25, 0.3) is 0 Å². The molecule has 5 nitrogen and oxygen atoms in total. The molecular weight excluding hydrogens is 306 g/mol. The second-order valence-corrected chi connectivity index (χ2v) is 4.06.